The van der Waals surface area contributed by atoms with Gasteiger partial charge >= 0.3 is 0 Å². The van der Waals surface area contributed by atoms with Crippen LogP contribution in [0.4, 0.5) is 10.1 Å². The first kappa shape index (κ1) is 101. The van der Waals surface area contributed by atoms with Gasteiger partial charge in [0.25, 0.3) is 0 Å². The van der Waals surface area contributed by atoms with Gasteiger partial charge in [-0.15, -0.1) is 16.4 Å². The fourth-order valence-electron chi connectivity index (χ4n) is 10.7. The van der Waals surface area contributed by atoms with E-state index >= 15 is 0 Å². The van der Waals surface area contributed by atoms with Gasteiger partial charge in [-0.25, -0.2) is 27.1 Å². The number of carbonyl (C=O) groups excluding carboxylic acids is 2. The zero-order valence-corrected chi connectivity index (χ0v) is 77.0. The van der Waals surface area contributed by atoms with Gasteiger partial charge < -0.3 is 23.2 Å². The third kappa shape index (κ3) is 36.9. The predicted molar refractivity (Wildman–Crippen MR) is 480 cm³/mol. The minimum absolute atomic E-state index is 0.0696. The van der Waals surface area contributed by atoms with Gasteiger partial charge in [-0.05, 0) is 186 Å². The number of benzene rings is 6. The van der Waals surface area contributed by atoms with Crippen molar-refractivity contribution in [2.24, 2.45) is 15.4 Å². The Bertz CT molecular complexity index is 4470. The van der Waals surface area contributed by atoms with Gasteiger partial charge in [0.2, 0.25) is 15.9 Å². The van der Waals surface area contributed by atoms with Crippen LogP contribution in [-0.2, 0) is 47.5 Å². The second-order valence-electron chi connectivity index (χ2n) is 33.2. The van der Waals surface area contributed by atoms with E-state index in [2.05, 4.69) is 251 Å². The number of nitrogens with zero attached hydrogens (tertiary/aromatic N) is 7. The van der Waals surface area contributed by atoms with Gasteiger partial charge in [0.1, 0.15) is 46.5 Å². The quantitative estimate of drug-likeness (QED) is 0.0712. The van der Waals surface area contributed by atoms with E-state index in [1.807, 2.05) is 80.7 Å². The lowest BCUT2D eigenvalue weighted by atomic mass is 9.94. The Hall–Kier alpha value is -8.10. The van der Waals surface area contributed by atoms with Crippen molar-refractivity contribution < 1.29 is 40.7 Å². The summed E-state index contributed by atoms with van der Waals surface area (Å²) < 4.78 is 58.9. The molecule has 0 aliphatic carbocycles. The van der Waals surface area contributed by atoms with Crippen molar-refractivity contribution in [1.82, 2.24) is 14.3 Å². The van der Waals surface area contributed by atoms with Crippen LogP contribution in [0.2, 0.25) is 5.02 Å². The molecule has 0 radical (unpaired) electrons. The van der Waals surface area contributed by atoms with E-state index < -0.39 is 10.0 Å². The van der Waals surface area contributed by atoms with Crippen LogP contribution in [0, 0.1) is 12.7 Å². The largest absolute Gasteiger partial charge is 0.466 e. The maximum absolute atomic E-state index is 12.5. The first-order valence-electron chi connectivity index (χ1n) is 40.6. The highest BCUT2D eigenvalue weighted by Crippen LogP contribution is 2.33. The second-order valence-corrected chi connectivity index (χ2v) is 36.6. The summed E-state index contributed by atoms with van der Waals surface area (Å²) in [5.41, 5.74) is 14.0. The molecule has 0 spiro atoms. The zero-order chi connectivity index (χ0) is 86.6. The monoisotopic (exact) mass is 1630 g/mol. The maximum atomic E-state index is 12.5. The van der Waals surface area contributed by atoms with Crippen LogP contribution in [0.25, 0.3) is 0 Å². The molecule has 1 atom stereocenters. The predicted octanol–water partition coefficient (Wildman–Crippen LogP) is 27.0. The number of sulfonamides is 1. The Labute approximate surface area is 700 Å². The molecular formula is C96H137ClFN7O8S2. The molecule has 0 saturated carbocycles. The summed E-state index contributed by atoms with van der Waals surface area (Å²) in [6, 6.07) is 49.1. The Kier molecular flexibility index (Phi) is 44.4. The average molecular weight is 1640 g/mol. The molecule has 0 bridgehead atoms. The third-order valence-electron chi connectivity index (χ3n) is 18.4. The summed E-state index contributed by atoms with van der Waals surface area (Å²) in [7, 11) is 1.49. The van der Waals surface area contributed by atoms with Gasteiger partial charge in [0.05, 0.1) is 45.9 Å². The van der Waals surface area contributed by atoms with Crippen LogP contribution in [0.5, 0.6) is 0 Å². The minimum atomic E-state index is -3.29. The number of halogens is 2. The molecule has 5 heterocycles. The highest BCUT2D eigenvalue weighted by atomic mass is 35.5. The van der Waals surface area contributed by atoms with Crippen molar-refractivity contribution in [3.05, 3.63) is 258 Å². The highest BCUT2D eigenvalue weighted by molar-refractivity contribution is 7.89. The van der Waals surface area contributed by atoms with E-state index in [4.69, 9.17) is 29.9 Å². The van der Waals surface area contributed by atoms with E-state index in [-0.39, 0.29) is 29.0 Å². The number of hydrogen-bond donors (Lipinski definition) is 0. The number of furan rings is 1. The number of hydrogen-bond acceptors (Lipinski definition) is 14. The fourth-order valence-corrected chi connectivity index (χ4v) is 12.8. The van der Waals surface area contributed by atoms with Gasteiger partial charge in [-0.1, -0.05) is 260 Å². The Balaban J connectivity index is 0.000000336. The SMILES string of the molecule is CC(=O)Cc1cccc(C(C)C)c1.CC(C)OCc1ccc(C(C)C)cc1.CC(C)c1ccc(C2=NN=NC2)cc1.CC(C)c1ccc(Cl)c(N2CCCC2=O)c1.CC(C)c1ccc(S(=O)(=O)N(C)C)cc1.CC(C)c1cccc(F)c1.CC(C)c1ncc(C(C)(C)C)o1.COC(C)c1nc(C(C)C)cs1.Cc1ccc(C(C)C)o1. The lowest BCUT2D eigenvalue weighted by Crippen LogP contribution is -2.24. The molecule has 0 N–H and O–H groups in total. The van der Waals surface area contributed by atoms with Gasteiger partial charge in [0, 0.05) is 63.2 Å². The number of aromatic nitrogens is 2. The molecule has 6 aromatic carbocycles. The number of aryl methyl sites for hydroxylation is 1. The molecule has 2 aliphatic heterocycles. The summed E-state index contributed by atoms with van der Waals surface area (Å²) >= 11 is 7.83. The van der Waals surface area contributed by atoms with E-state index in [0.29, 0.717) is 88.7 Å². The second kappa shape index (κ2) is 50.5. The smallest absolute Gasteiger partial charge is 0.242 e. The number of methoxy groups -OCH3 is 1. The van der Waals surface area contributed by atoms with Gasteiger partial charge in [0.15, 0.2) is 5.89 Å². The molecule has 19 heteroatoms. The van der Waals surface area contributed by atoms with Crippen molar-refractivity contribution in [2.75, 3.05) is 39.2 Å². The zero-order valence-electron chi connectivity index (χ0n) is 74.7. The normalized spacial score (nSPS) is 12.7. The van der Waals surface area contributed by atoms with Crippen molar-refractivity contribution in [2.45, 2.75) is 282 Å². The molecule has 3 aromatic heterocycles. The van der Waals surface area contributed by atoms with Crippen LogP contribution < -0.4 is 4.90 Å². The molecular weight excluding hydrogens is 1500 g/mol. The Morgan fingerprint density at radius 3 is 1.54 bits per heavy atom. The average Bonchev–Trinajstić information content (AvgIpc) is 1.72. The third-order valence-corrected chi connectivity index (χ3v) is 21.6. The first-order chi connectivity index (χ1) is 53.9. The number of carbonyl (C=O) groups is 2. The number of thiazole rings is 1. The summed E-state index contributed by atoms with van der Waals surface area (Å²) in [4.78, 5) is 33.4. The molecule has 9 aromatic rings. The van der Waals surface area contributed by atoms with E-state index in [1.165, 1.54) is 58.0 Å². The molecule has 1 fully saturated rings. The van der Waals surface area contributed by atoms with Crippen molar-refractivity contribution in [3.63, 3.8) is 0 Å². The molecule has 630 valence electrons. The topological polar surface area (TPSA) is 182 Å². The Morgan fingerprint density at radius 2 is 1.15 bits per heavy atom. The number of oxazole rings is 1. The highest BCUT2D eigenvalue weighted by Gasteiger charge is 2.25. The van der Waals surface area contributed by atoms with Crippen LogP contribution >= 0.6 is 22.9 Å². The summed E-state index contributed by atoms with van der Waals surface area (Å²) in [6.07, 6.45) is 4.39. The number of ether oxygens (including phenoxy) is 2. The van der Waals surface area contributed by atoms with Crippen molar-refractivity contribution in [3.8, 4) is 0 Å². The molecule has 1 unspecified atom stereocenters. The number of amides is 1. The minimum Gasteiger partial charge on any atom is -0.466 e. The standard InChI is InChI=1S/C13H16ClNO.C13H20O.C12H16O.C11H13N3.C11H17NO2S.C10H17NO.C9H11F.C9H15NOS.C8H12O/c1-9(2)10-5-6-11(14)12(8-10)15-7-3-4-13(15)16;1-10(2)13-7-5-12(6-8-13)9-14-11(3)4;1-9(2)12-6-4-5-11(8-12)7-10(3)13;1-8(2)9-3-5-10(6-4-9)11-7-12-14-13-11;1-9(2)10-5-7-11(8-6-10)15(13,14)12(3)4;1-7(2)9-11-6-8(12-9)10(3,4)5;1-7(2)8-4-3-5-9(10)6-8;1-6(2)8-5-12-9(10-8)7(3)11-4;1-6(2)8-5-4-7(3)9-8/h5-6,8-9H,3-4,7H2,1-2H3;5-8,10-11H,9H2,1-4H3;4-6,8-9H,7H2,1-3H3;3-6,8H,7H2,1-2H3;5-9H,1-4H3;6-7H,1-5H3;3-7H,1-2H3;5-7H,1-4H3;4-6H,1-3H3. The maximum Gasteiger partial charge on any atom is 0.242 e. The lowest BCUT2D eigenvalue weighted by molar-refractivity contribution is -0.117. The Morgan fingerprint density at radius 1 is 0.626 bits per heavy atom. The van der Waals surface area contributed by atoms with Crippen LogP contribution in [0.1, 0.15) is 329 Å². The molecule has 1 saturated heterocycles. The molecule has 1 amide bonds. The van der Waals surface area contributed by atoms with E-state index in [1.54, 1.807) is 54.5 Å². The molecule has 115 heavy (non-hydrogen) atoms. The molecule has 2 aliphatic rings. The fraction of sp³-hybridized carbons (Fsp3) is 0.490. The van der Waals surface area contributed by atoms with E-state index in [0.717, 1.165) is 81.4 Å². The van der Waals surface area contributed by atoms with Crippen molar-refractivity contribution >= 4 is 56.1 Å². The first-order valence-corrected chi connectivity index (χ1v) is 43.3. The van der Waals surface area contributed by atoms with E-state index in [9.17, 15) is 22.4 Å². The van der Waals surface area contributed by atoms with Crippen molar-refractivity contribution in [1.29, 1.82) is 0 Å². The molecule has 15 nitrogen and oxygen atoms in total. The van der Waals surface area contributed by atoms with Crippen LogP contribution in [0.3, 0.4) is 0 Å². The van der Waals surface area contributed by atoms with Gasteiger partial charge in [-0.2, -0.15) is 5.11 Å². The summed E-state index contributed by atoms with van der Waals surface area (Å²) in [5.74, 6) is 8.53. The number of ketones is 1. The summed E-state index contributed by atoms with van der Waals surface area (Å²) in [5, 5.41) is 15.2. The number of anilines is 1. The number of Topliss-reactive ketones (excluding diaryl/α,β-unsaturated/α-hetero) is 1. The van der Waals surface area contributed by atoms with Crippen LogP contribution in [-0.4, -0.2) is 80.5 Å². The summed E-state index contributed by atoms with van der Waals surface area (Å²) in [6.45, 7) is 56.6. The molecule has 11 rings (SSSR count). The number of rotatable bonds is 20. The lowest BCUT2D eigenvalue weighted by Gasteiger charge is -2.19. The van der Waals surface area contributed by atoms with Crippen LogP contribution in [0.15, 0.2) is 192 Å². The van der Waals surface area contributed by atoms with Gasteiger partial charge in [-0.3, -0.25) is 9.59 Å².